The SMILES string of the molecule is Cc1cc(NC(=O)C(=O)N2Cc3ccccc3N(C)CC2C)n(C)n1. The van der Waals surface area contributed by atoms with E-state index in [1.807, 2.05) is 45.2 Å². The standard InChI is InChI=1S/C18H23N5O2/c1-12-9-16(22(4)20-12)19-17(24)18(25)23-11-14-7-5-6-8-15(14)21(3)10-13(23)2/h5-9,13H,10-11H2,1-4H3,(H,19,24). The number of rotatable bonds is 1. The molecule has 1 aromatic heterocycles. The molecule has 0 aliphatic carbocycles. The van der Waals surface area contributed by atoms with Crippen LogP contribution in [0.5, 0.6) is 0 Å². The van der Waals surface area contributed by atoms with Gasteiger partial charge in [0.2, 0.25) is 0 Å². The number of carbonyl (C=O) groups is 2. The van der Waals surface area contributed by atoms with E-state index >= 15 is 0 Å². The van der Waals surface area contributed by atoms with E-state index in [4.69, 9.17) is 0 Å². The normalized spacial score (nSPS) is 17.0. The quantitative estimate of drug-likeness (QED) is 0.799. The Hall–Kier alpha value is -2.83. The summed E-state index contributed by atoms with van der Waals surface area (Å²) in [6.45, 7) is 4.88. The van der Waals surface area contributed by atoms with Gasteiger partial charge >= 0.3 is 11.8 Å². The molecule has 1 aromatic carbocycles. The number of fused-ring (bicyclic) bond motifs is 1. The zero-order chi connectivity index (χ0) is 18.1. The van der Waals surface area contributed by atoms with Gasteiger partial charge in [-0.2, -0.15) is 5.10 Å². The summed E-state index contributed by atoms with van der Waals surface area (Å²) < 4.78 is 1.55. The van der Waals surface area contributed by atoms with Crippen LogP contribution in [0.25, 0.3) is 0 Å². The fourth-order valence-electron chi connectivity index (χ4n) is 3.25. The van der Waals surface area contributed by atoms with E-state index in [2.05, 4.69) is 15.3 Å². The topological polar surface area (TPSA) is 70.5 Å². The number of carbonyl (C=O) groups excluding carboxylic acids is 2. The summed E-state index contributed by atoms with van der Waals surface area (Å²) in [6, 6.07) is 9.61. The first-order valence-electron chi connectivity index (χ1n) is 8.28. The summed E-state index contributed by atoms with van der Waals surface area (Å²) in [5.41, 5.74) is 2.91. The van der Waals surface area contributed by atoms with Crippen molar-refractivity contribution >= 4 is 23.3 Å². The third-order valence-electron chi connectivity index (χ3n) is 4.51. The first-order chi connectivity index (χ1) is 11.9. The molecule has 0 saturated carbocycles. The van der Waals surface area contributed by atoms with E-state index in [1.165, 1.54) is 0 Å². The van der Waals surface area contributed by atoms with Gasteiger partial charge in [0.1, 0.15) is 5.82 Å². The minimum atomic E-state index is -0.642. The number of likely N-dealkylation sites (N-methyl/N-ethyl adjacent to an activating group) is 1. The Kier molecular flexibility index (Phi) is 4.48. The van der Waals surface area contributed by atoms with Crippen LogP contribution in [0.1, 0.15) is 18.2 Å². The van der Waals surface area contributed by atoms with Gasteiger partial charge in [-0.1, -0.05) is 18.2 Å². The Morgan fingerprint density at radius 1 is 1.24 bits per heavy atom. The molecule has 3 rings (SSSR count). The van der Waals surface area contributed by atoms with Crippen LogP contribution in [0.15, 0.2) is 30.3 Å². The molecule has 2 amide bonds. The molecule has 2 heterocycles. The smallest absolute Gasteiger partial charge is 0.315 e. The van der Waals surface area contributed by atoms with Crippen LogP contribution in [0.2, 0.25) is 0 Å². The molecule has 7 heteroatoms. The molecule has 132 valence electrons. The Bertz CT molecular complexity index is 814. The fourth-order valence-corrected chi connectivity index (χ4v) is 3.25. The lowest BCUT2D eigenvalue weighted by atomic mass is 10.1. The van der Waals surface area contributed by atoms with E-state index < -0.39 is 11.8 Å². The largest absolute Gasteiger partial charge is 0.372 e. The third-order valence-corrected chi connectivity index (χ3v) is 4.51. The monoisotopic (exact) mass is 341 g/mol. The number of benzene rings is 1. The molecule has 1 N–H and O–H groups in total. The molecule has 1 aliphatic heterocycles. The van der Waals surface area contributed by atoms with E-state index in [0.29, 0.717) is 18.9 Å². The predicted octanol–water partition coefficient (Wildman–Crippen LogP) is 1.53. The highest BCUT2D eigenvalue weighted by molar-refractivity contribution is 6.39. The maximum Gasteiger partial charge on any atom is 0.315 e. The summed E-state index contributed by atoms with van der Waals surface area (Å²) in [7, 11) is 3.73. The molecule has 1 atom stereocenters. The van der Waals surface area contributed by atoms with E-state index in [0.717, 1.165) is 16.9 Å². The van der Waals surface area contributed by atoms with Crippen molar-refractivity contribution in [1.82, 2.24) is 14.7 Å². The van der Waals surface area contributed by atoms with Gasteiger partial charge in [0, 0.05) is 45.0 Å². The van der Waals surface area contributed by atoms with Crippen molar-refractivity contribution in [3.63, 3.8) is 0 Å². The summed E-state index contributed by atoms with van der Waals surface area (Å²) in [4.78, 5) is 29.0. The highest BCUT2D eigenvalue weighted by atomic mass is 16.2. The van der Waals surface area contributed by atoms with Crippen LogP contribution in [-0.4, -0.2) is 46.1 Å². The van der Waals surface area contributed by atoms with E-state index in [1.54, 1.807) is 22.7 Å². The zero-order valence-electron chi connectivity index (χ0n) is 15.0. The number of nitrogens with one attached hydrogen (secondary N) is 1. The highest BCUT2D eigenvalue weighted by Gasteiger charge is 2.31. The lowest BCUT2D eigenvalue weighted by Crippen LogP contribution is -2.46. The summed E-state index contributed by atoms with van der Waals surface area (Å²) in [5.74, 6) is -0.663. The second kappa shape index (κ2) is 6.58. The second-order valence-corrected chi connectivity index (χ2v) is 6.54. The summed E-state index contributed by atoms with van der Waals surface area (Å²) in [6.07, 6.45) is 0. The van der Waals surface area contributed by atoms with Crippen LogP contribution in [0.3, 0.4) is 0 Å². The maximum absolute atomic E-state index is 12.8. The molecule has 25 heavy (non-hydrogen) atoms. The second-order valence-electron chi connectivity index (χ2n) is 6.54. The van der Waals surface area contributed by atoms with Crippen molar-refractivity contribution in [2.75, 3.05) is 23.8 Å². The maximum atomic E-state index is 12.8. The van der Waals surface area contributed by atoms with Crippen LogP contribution >= 0.6 is 0 Å². The number of amides is 2. The molecule has 2 aromatic rings. The van der Waals surface area contributed by atoms with Crippen molar-refractivity contribution in [1.29, 1.82) is 0 Å². The first-order valence-corrected chi connectivity index (χ1v) is 8.28. The lowest BCUT2D eigenvalue weighted by Gasteiger charge is -2.27. The molecule has 0 bridgehead atoms. The minimum absolute atomic E-state index is 0.0797. The number of aromatic nitrogens is 2. The Labute approximate surface area is 147 Å². The summed E-state index contributed by atoms with van der Waals surface area (Å²) >= 11 is 0. The molecular weight excluding hydrogens is 318 g/mol. The van der Waals surface area contributed by atoms with E-state index in [9.17, 15) is 9.59 Å². The molecule has 0 saturated heterocycles. The Balaban J connectivity index is 1.81. The van der Waals surface area contributed by atoms with Crippen LogP contribution in [0, 0.1) is 6.92 Å². The van der Waals surface area contributed by atoms with Crippen molar-refractivity contribution < 1.29 is 9.59 Å². The third kappa shape index (κ3) is 3.35. The fraction of sp³-hybridized carbons (Fsp3) is 0.389. The molecule has 0 radical (unpaired) electrons. The molecular formula is C18H23N5O2. The van der Waals surface area contributed by atoms with E-state index in [-0.39, 0.29) is 6.04 Å². The van der Waals surface area contributed by atoms with Gasteiger partial charge in [0.15, 0.2) is 0 Å². The van der Waals surface area contributed by atoms with Crippen LogP contribution < -0.4 is 10.2 Å². The molecule has 1 unspecified atom stereocenters. The number of nitrogens with zero attached hydrogens (tertiary/aromatic N) is 4. The number of para-hydroxylation sites is 1. The Morgan fingerprint density at radius 2 is 1.96 bits per heavy atom. The first kappa shape index (κ1) is 17.0. The molecule has 0 fully saturated rings. The van der Waals surface area contributed by atoms with Crippen molar-refractivity contribution in [2.45, 2.75) is 26.4 Å². The predicted molar refractivity (Wildman–Crippen MR) is 96.3 cm³/mol. The minimum Gasteiger partial charge on any atom is -0.372 e. The number of hydrogen-bond donors (Lipinski definition) is 1. The van der Waals surface area contributed by atoms with Gasteiger partial charge in [-0.15, -0.1) is 0 Å². The van der Waals surface area contributed by atoms with Gasteiger partial charge in [-0.3, -0.25) is 14.3 Å². The average Bonchev–Trinajstić information content (AvgIpc) is 2.82. The van der Waals surface area contributed by atoms with Gasteiger partial charge in [-0.05, 0) is 25.5 Å². The van der Waals surface area contributed by atoms with Crippen LogP contribution in [-0.2, 0) is 23.2 Å². The van der Waals surface area contributed by atoms with Crippen molar-refractivity contribution in [3.05, 3.63) is 41.6 Å². The van der Waals surface area contributed by atoms with Gasteiger partial charge in [-0.25, -0.2) is 0 Å². The van der Waals surface area contributed by atoms with Gasteiger partial charge in [0.25, 0.3) is 0 Å². The number of anilines is 2. The highest BCUT2D eigenvalue weighted by Crippen LogP contribution is 2.26. The summed E-state index contributed by atoms with van der Waals surface area (Å²) in [5, 5.41) is 6.84. The van der Waals surface area contributed by atoms with Gasteiger partial charge in [0.05, 0.1) is 5.69 Å². The molecule has 0 spiro atoms. The zero-order valence-corrected chi connectivity index (χ0v) is 15.0. The molecule has 7 nitrogen and oxygen atoms in total. The van der Waals surface area contributed by atoms with Crippen molar-refractivity contribution in [3.8, 4) is 0 Å². The molecule has 1 aliphatic rings. The Morgan fingerprint density at radius 3 is 2.64 bits per heavy atom. The van der Waals surface area contributed by atoms with Crippen LogP contribution in [0.4, 0.5) is 11.5 Å². The lowest BCUT2D eigenvalue weighted by molar-refractivity contribution is -0.144. The number of hydrogen-bond acceptors (Lipinski definition) is 4. The average molecular weight is 341 g/mol. The van der Waals surface area contributed by atoms with Crippen molar-refractivity contribution in [2.24, 2.45) is 7.05 Å². The number of aryl methyl sites for hydroxylation is 2. The van der Waals surface area contributed by atoms with Gasteiger partial charge < -0.3 is 15.1 Å².